The Bertz CT molecular complexity index is 1480. The zero-order chi connectivity index (χ0) is 27.5. The van der Waals surface area contributed by atoms with Crippen molar-refractivity contribution >= 4 is 11.8 Å². The molecule has 2 amide bonds. The lowest BCUT2D eigenvalue weighted by Gasteiger charge is -2.38. The number of amides is 2. The molecule has 1 saturated heterocycles. The van der Waals surface area contributed by atoms with Crippen molar-refractivity contribution in [2.24, 2.45) is 0 Å². The summed E-state index contributed by atoms with van der Waals surface area (Å²) in [7, 11) is 2.06. The molecule has 3 heterocycles. The number of hydrogen-bond donors (Lipinski definition) is 0. The van der Waals surface area contributed by atoms with Crippen molar-refractivity contribution in [1.29, 1.82) is 0 Å². The number of likely N-dealkylation sites (N-methyl/N-ethyl adjacent to an activating group) is 1. The summed E-state index contributed by atoms with van der Waals surface area (Å²) in [6.07, 6.45) is 0.771. The molecule has 2 aliphatic rings. The molecule has 1 fully saturated rings. The van der Waals surface area contributed by atoms with Gasteiger partial charge in [0.15, 0.2) is 5.76 Å². The predicted octanol–water partition coefficient (Wildman–Crippen LogP) is 5.03. The van der Waals surface area contributed by atoms with E-state index in [9.17, 15) is 9.59 Å². The van der Waals surface area contributed by atoms with Gasteiger partial charge in [-0.15, -0.1) is 0 Å². The van der Waals surface area contributed by atoms with Crippen LogP contribution in [0.2, 0.25) is 0 Å². The smallest absolute Gasteiger partial charge is 0.289 e. The summed E-state index contributed by atoms with van der Waals surface area (Å²) < 4.78 is 12.0. The molecule has 40 heavy (non-hydrogen) atoms. The fourth-order valence-electron chi connectivity index (χ4n) is 5.53. The molecule has 7 heteroatoms. The van der Waals surface area contributed by atoms with Gasteiger partial charge in [-0.2, -0.15) is 0 Å². The molecule has 0 N–H and O–H groups in total. The Morgan fingerprint density at radius 3 is 2.30 bits per heavy atom. The maximum atomic E-state index is 13.6. The first-order chi connectivity index (χ1) is 19.6. The van der Waals surface area contributed by atoms with Crippen LogP contribution in [-0.4, -0.2) is 66.3 Å². The number of rotatable bonds is 6. The average Bonchev–Trinajstić information content (AvgIpc) is 3.49. The Labute approximate surface area is 234 Å². The first-order valence-corrected chi connectivity index (χ1v) is 13.8. The molecular formula is C33H33N3O4. The van der Waals surface area contributed by atoms with Crippen molar-refractivity contribution in [3.8, 4) is 5.75 Å². The SMILES string of the molecule is CN1CCN(C(=O)c2ccc(COc3ccc4c(c3)[C@H](c3ccccc3)N(C(=O)c3ccccc3)CC4)o2)CC1. The lowest BCUT2D eigenvalue weighted by molar-refractivity contribution is 0.0628. The molecule has 7 nitrogen and oxygen atoms in total. The van der Waals surface area contributed by atoms with E-state index in [1.165, 1.54) is 5.56 Å². The Kier molecular flexibility index (Phi) is 7.38. The molecule has 0 aliphatic carbocycles. The summed E-state index contributed by atoms with van der Waals surface area (Å²) in [4.78, 5) is 32.5. The van der Waals surface area contributed by atoms with Crippen LogP contribution in [0.4, 0.5) is 0 Å². The Hall–Kier alpha value is -4.36. The van der Waals surface area contributed by atoms with E-state index in [0.717, 1.165) is 30.6 Å². The quantitative estimate of drug-likeness (QED) is 0.346. The molecule has 0 spiro atoms. The van der Waals surface area contributed by atoms with Crippen molar-refractivity contribution in [3.63, 3.8) is 0 Å². The average molecular weight is 536 g/mol. The van der Waals surface area contributed by atoms with Crippen LogP contribution in [0.15, 0.2) is 95.4 Å². The van der Waals surface area contributed by atoms with Crippen LogP contribution in [0.1, 0.15) is 49.4 Å². The van der Waals surface area contributed by atoms with Crippen molar-refractivity contribution in [2.75, 3.05) is 39.8 Å². The zero-order valence-electron chi connectivity index (χ0n) is 22.7. The molecule has 0 unspecified atom stereocenters. The van der Waals surface area contributed by atoms with Gasteiger partial charge in [-0.05, 0) is 66.6 Å². The number of nitrogens with zero attached hydrogens (tertiary/aromatic N) is 3. The summed E-state index contributed by atoms with van der Waals surface area (Å²) in [5.74, 6) is 1.56. The number of fused-ring (bicyclic) bond motifs is 1. The molecule has 0 bridgehead atoms. The van der Waals surface area contributed by atoms with Gasteiger partial charge in [-0.25, -0.2) is 0 Å². The number of piperazine rings is 1. The molecule has 4 aromatic rings. The van der Waals surface area contributed by atoms with Crippen LogP contribution in [0.3, 0.4) is 0 Å². The Morgan fingerprint density at radius 1 is 0.825 bits per heavy atom. The van der Waals surface area contributed by atoms with E-state index >= 15 is 0 Å². The van der Waals surface area contributed by atoms with E-state index in [2.05, 4.69) is 30.1 Å². The van der Waals surface area contributed by atoms with Crippen molar-refractivity contribution in [2.45, 2.75) is 19.1 Å². The second kappa shape index (κ2) is 11.4. The monoisotopic (exact) mass is 535 g/mol. The van der Waals surface area contributed by atoms with Gasteiger partial charge in [0.2, 0.25) is 0 Å². The normalized spacial score (nSPS) is 17.4. The predicted molar refractivity (Wildman–Crippen MR) is 152 cm³/mol. The lowest BCUT2D eigenvalue weighted by atomic mass is 9.87. The summed E-state index contributed by atoms with van der Waals surface area (Å²) in [6.45, 7) is 3.96. The van der Waals surface area contributed by atoms with E-state index in [0.29, 0.717) is 42.5 Å². The highest BCUT2D eigenvalue weighted by atomic mass is 16.5. The number of ether oxygens (including phenoxy) is 1. The minimum atomic E-state index is -0.224. The van der Waals surface area contributed by atoms with Crippen molar-refractivity contribution < 1.29 is 18.7 Å². The molecule has 1 aromatic heterocycles. The van der Waals surface area contributed by atoms with E-state index in [1.54, 1.807) is 12.1 Å². The van der Waals surface area contributed by atoms with Gasteiger partial charge in [0.1, 0.15) is 18.1 Å². The van der Waals surface area contributed by atoms with Crippen LogP contribution < -0.4 is 4.74 Å². The fraction of sp³-hybridized carbons (Fsp3) is 0.273. The van der Waals surface area contributed by atoms with E-state index in [-0.39, 0.29) is 24.5 Å². The summed E-state index contributed by atoms with van der Waals surface area (Å²) in [5.41, 5.74) is 4.00. The van der Waals surface area contributed by atoms with Crippen LogP contribution in [-0.2, 0) is 13.0 Å². The Morgan fingerprint density at radius 2 is 1.55 bits per heavy atom. The number of benzene rings is 3. The van der Waals surface area contributed by atoms with Crippen LogP contribution in [0.5, 0.6) is 5.75 Å². The number of carbonyl (C=O) groups excluding carboxylic acids is 2. The molecule has 0 radical (unpaired) electrons. The number of hydrogen-bond acceptors (Lipinski definition) is 5. The number of furan rings is 1. The third-order valence-electron chi connectivity index (χ3n) is 7.79. The first-order valence-electron chi connectivity index (χ1n) is 13.8. The van der Waals surface area contributed by atoms with Crippen LogP contribution >= 0.6 is 0 Å². The van der Waals surface area contributed by atoms with Crippen LogP contribution in [0.25, 0.3) is 0 Å². The maximum absolute atomic E-state index is 13.6. The minimum absolute atomic E-state index is 0.0135. The minimum Gasteiger partial charge on any atom is -0.486 e. The van der Waals surface area contributed by atoms with Gasteiger partial charge >= 0.3 is 0 Å². The van der Waals surface area contributed by atoms with Gasteiger partial charge in [0.05, 0.1) is 6.04 Å². The van der Waals surface area contributed by atoms with Gasteiger partial charge in [-0.3, -0.25) is 9.59 Å². The van der Waals surface area contributed by atoms with Crippen molar-refractivity contribution in [1.82, 2.24) is 14.7 Å². The standard InChI is InChI=1S/C33H33N3O4/c1-34-18-20-35(21-19-34)33(38)30-15-14-28(40-30)23-39-27-13-12-24-16-17-36(32(37)26-10-6-3-7-11-26)31(29(24)22-27)25-8-4-2-5-9-25/h2-15,22,31H,16-21,23H2,1H3/t31-/m0/s1. The van der Waals surface area contributed by atoms with Gasteiger partial charge in [-0.1, -0.05) is 54.6 Å². The topological polar surface area (TPSA) is 66.2 Å². The maximum Gasteiger partial charge on any atom is 0.289 e. The first kappa shape index (κ1) is 25.9. The second-order valence-electron chi connectivity index (χ2n) is 10.4. The second-order valence-corrected chi connectivity index (χ2v) is 10.4. The van der Waals surface area contributed by atoms with Gasteiger partial charge in [0.25, 0.3) is 11.8 Å². The zero-order valence-corrected chi connectivity index (χ0v) is 22.7. The molecule has 3 aromatic carbocycles. The molecule has 1 atom stereocenters. The third-order valence-corrected chi connectivity index (χ3v) is 7.79. The number of carbonyl (C=O) groups is 2. The Balaban J connectivity index is 1.21. The highest BCUT2D eigenvalue weighted by molar-refractivity contribution is 5.95. The molecular weight excluding hydrogens is 502 g/mol. The molecule has 0 saturated carbocycles. The fourth-order valence-corrected chi connectivity index (χ4v) is 5.53. The van der Waals surface area contributed by atoms with E-state index in [1.807, 2.05) is 70.5 Å². The summed E-state index contributed by atoms with van der Waals surface area (Å²) >= 11 is 0. The summed E-state index contributed by atoms with van der Waals surface area (Å²) in [6, 6.07) is 29.0. The largest absolute Gasteiger partial charge is 0.486 e. The van der Waals surface area contributed by atoms with E-state index in [4.69, 9.17) is 9.15 Å². The van der Waals surface area contributed by atoms with E-state index < -0.39 is 0 Å². The summed E-state index contributed by atoms with van der Waals surface area (Å²) in [5, 5.41) is 0. The van der Waals surface area contributed by atoms with Crippen LogP contribution in [0, 0.1) is 0 Å². The molecule has 2 aliphatic heterocycles. The third kappa shape index (κ3) is 5.38. The van der Waals surface area contributed by atoms with Crippen molar-refractivity contribution in [3.05, 3.63) is 125 Å². The van der Waals surface area contributed by atoms with Gasteiger partial charge in [0, 0.05) is 38.3 Å². The van der Waals surface area contributed by atoms with Gasteiger partial charge < -0.3 is 23.9 Å². The molecule has 6 rings (SSSR count). The highest BCUT2D eigenvalue weighted by Gasteiger charge is 2.33. The lowest BCUT2D eigenvalue weighted by Crippen LogP contribution is -2.47. The molecule has 204 valence electrons. The highest BCUT2D eigenvalue weighted by Crippen LogP contribution is 2.38.